The molecule has 2 aromatic heterocycles. The molecule has 2 rings (SSSR count). The highest BCUT2D eigenvalue weighted by Crippen LogP contribution is 2.09. The Hall–Kier alpha value is -1.43. The Balaban J connectivity index is 2.82. The van der Waals surface area contributed by atoms with Gasteiger partial charge in [-0.15, -0.1) is 0 Å². The Morgan fingerprint density at radius 3 is 3.08 bits per heavy atom. The van der Waals surface area contributed by atoms with Crippen LogP contribution in [0.25, 0.3) is 11.0 Å². The lowest BCUT2D eigenvalue weighted by atomic mass is 10.4. The number of rotatable bonds is 1. The maximum Gasteiger partial charge on any atom is 0.277 e. The topological polar surface area (TPSA) is 71.5 Å². The maximum atomic E-state index is 11.3. The summed E-state index contributed by atoms with van der Waals surface area (Å²) in [7, 11) is 0. The van der Waals surface area contributed by atoms with Crippen molar-refractivity contribution in [3.05, 3.63) is 22.9 Å². The van der Waals surface area contributed by atoms with E-state index in [0.717, 1.165) is 0 Å². The summed E-state index contributed by atoms with van der Waals surface area (Å²) in [5, 5.41) is 0.575. The van der Waals surface area contributed by atoms with Gasteiger partial charge >= 0.3 is 0 Å². The second-order valence-electron chi connectivity index (χ2n) is 2.32. The summed E-state index contributed by atoms with van der Waals surface area (Å²) in [5.74, 6) is 0. The van der Waals surface area contributed by atoms with Crippen molar-refractivity contribution < 1.29 is 0 Å². The highest BCUT2D eigenvalue weighted by molar-refractivity contribution is 7.98. The Bertz CT molecular complexity index is 495. The van der Waals surface area contributed by atoms with Crippen LogP contribution in [0.2, 0.25) is 0 Å². The zero-order chi connectivity index (χ0) is 9.26. The van der Waals surface area contributed by atoms with Gasteiger partial charge in [0.05, 0.1) is 12.5 Å². The van der Waals surface area contributed by atoms with Crippen LogP contribution in [0.5, 0.6) is 0 Å². The quantitative estimate of drug-likeness (QED) is 0.526. The maximum absolute atomic E-state index is 11.3. The summed E-state index contributed by atoms with van der Waals surface area (Å²) in [6.07, 6.45) is 4.74. The van der Waals surface area contributed by atoms with Crippen LogP contribution in [0.3, 0.4) is 0 Å². The van der Waals surface area contributed by atoms with Crippen LogP contribution in [-0.2, 0) is 0 Å². The fourth-order valence-corrected chi connectivity index (χ4v) is 1.29. The van der Waals surface area contributed by atoms with Crippen molar-refractivity contribution in [3.8, 4) is 0 Å². The molecule has 0 saturated heterocycles. The molecule has 0 bridgehead atoms. The summed E-state index contributed by atoms with van der Waals surface area (Å²) in [6, 6.07) is 0. The average molecular weight is 194 g/mol. The van der Waals surface area contributed by atoms with Crippen LogP contribution in [0.4, 0.5) is 0 Å². The van der Waals surface area contributed by atoms with Gasteiger partial charge in [0.1, 0.15) is 5.52 Å². The summed E-state index contributed by atoms with van der Waals surface area (Å²) in [4.78, 5) is 25.7. The van der Waals surface area contributed by atoms with Crippen molar-refractivity contribution in [2.45, 2.75) is 5.16 Å². The van der Waals surface area contributed by atoms with Crippen molar-refractivity contribution in [2.75, 3.05) is 6.26 Å². The van der Waals surface area contributed by atoms with E-state index in [1.165, 1.54) is 18.1 Å². The molecule has 0 aliphatic carbocycles. The third kappa shape index (κ3) is 1.40. The molecular weight excluding hydrogens is 188 g/mol. The molecule has 0 radical (unpaired) electrons. The molecule has 0 saturated carbocycles. The van der Waals surface area contributed by atoms with Gasteiger partial charge in [0, 0.05) is 0 Å². The van der Waals surface area contributed by atoms with E-state index < -0.39 is 0 Å². The Kier molecular flexibility index (Phi) is 1.97. The van der Waals surface area contributed by atoms with E-state index >= 15 is 0 Å². The zero-order valence-corrected chi connectivity index (χ0v) is 7.63. The van der Waals surface area contributed by atoms with Gasteiger partial charge in [0.25, 0.3) is 5.56 Å². The van der Waals surface area contributed by atoms with E-state index in [1.54, 1.807) is 6.20 Å². The van der Waals surface area contributed by atoms with E-state index in [0.29, 0.717) is 16.2 Å². The lowest BCUT2D eigenvalue weighted by molar-refractivity contribution is 0.983. The molecule has 0 amide bonds. The van der Waals surface area contributed by atoms with Crippen molar-refractivity contribution in [2.24, 2.45) is 0 Å². The molecule has 6 heteroatoms. The fraction of sp³-hybridized carbons (Fsp3) is 0.143. The highest BCUT2D eigenvalue weighted by Gasteiger charge is 2.02. The van der Waals surface area contributed by atoms with Gasteiger partial charge < -0.3 is 4.98 Å². The second kappa shape index (κ2) is 3.14. The normalized spacial score (nSPS) is 10.5. The average Bonchev–Trinajstić information content (AvgIpc) is 2.18. The third-order valence-corrected chi connectivity index (χ3v) is 2.11. The van der Waals surface area contributed by atoms with E-state index in [-0.39, 0.29) is 5.56 Å². The number of thioether (sulfide) groups is 1. The first-order chi connectivity index (χ1) is 6.31. The largest absolute Gasteiger partial charge is 0.311 e. The van der Waals surface area contributed by atoms with Crippen molar-refractivity contribution in [3.63, 3.8) is 0 Å². The minimum atomic E-state index is -0.234. The number of aromatic nitrogens is 4. The highest BCUT2D eigenvalue weighted by atomic mass is 32.2. The van der Waals surface area contributed by atoms with Crippen LogP contribution in [0.1, 0.15) is 0 Å². The Labute approximate surface area is 77.6 Å². The number of hydrogen-bond donors (Lipinski definition) is 1. The molecule has 0 aromatic carbocycles. The van der Waals surface area contributed by atoms with Crippen molar-refractivity contribution in [1.29, 1.82) is 0 Å². The SMILES string of the molecule is CSc1ncc2nc[nH]c(=O)c2n1. The first-order valence-electron chi connectivity index (χ1n) is 3.55. The molecule has 66 valence electrons. The predicted octanol–water partition coefficient (Wildman–Crippen LogP) is 0.435. The monoisotopic (exact) mass is 194 g/mol. The molecule has 13 heavy (non-hydrogen) atoms. The summed E-state index contributed by atoms with van der Waals surface area (Å²) in [6.45, 7) is 0. The van der Waals surface area contributed by atoms with E-state index in [2.05, 4.69) is 19.9 Å². The molecule has 0 aliphatic rings. The van der Waals surface area contributed by atoms with Gasteiger partial charge in [0.2, 0.25) is 0 Å². The summed E-state index contributed by atoms with van der Waals surface area (Å²) in [5.41, 5.74) is 0.617. The van der Waals surface area contributed by atoms with Crippen molar-refractivity contribution in [1.82, 2.24) is 19.9 Å². The standard InChI is InChI=1S/C7H6N4OS/c1-13-7-8-2-4-5(11-7)6(12)10-3-9-4/h2-3H,1H3,(H,9,10,12). The van der Waals surface area contributed by atoms with E-state index in [1.807, 2.05) is 6.26 Å². The molecule has 0 atom stereocenters. The number of nitrogens with one attached hydrogen (secondary N) is 1. The predicted molar refractivity (Wildman–Crippen MR) is 49.7 cm³/mol. The number of aromatic amines is 1. The Morgan fingerprint density at radius 2 is 2.31 bits per heavy atom. The van der Waals surface area contributed by atoms with Crippen LogP contribution in [0, 0.1) is 0 Å². The minimum Gasteiger partial charge on any atom is -0.311 e. The molecule has 2 heterocycles. The molecule has 1 N–H and O–H groups in total. The van der Waals surface area contributed by atoms with Crippen LogP contribution >= 0.6 is 11.8 Å². The zero-order valence-electron chi connectivity index (χ0n) is 6.81. The summed E-state index contributed by atoms with van der Waals surface area (Å²) < 4.78 is 0. The smallest absolute Gasteiger partial charge is 0.277 e. The molecule has 0 fully saturated rings. The first kappa shape index (κ1) is 8.18. The van der Waals surface area contributed by atoms with Gasteiger partial charge in [0.15, 0.2) is 10.7 Å². The molecule has 0 spiro atoms. The fourth-order valence-electron chi connectivity index (χ4n) is 0.948. The minimum absolute atomic E-state index is 0.234. The molecule has 0 aliphatic heterocycles. The van der Waals surface area contributed by atoms with Gasteiger partial charge in [-0.2, -0.15) is 0 Å². The number of H-pyrrole nitrogens is 1. The van der Waals surface area contributed by atoms with E-state index in [9.17, 15) is 4.79 Å². The van der Waals surface area contributed by atoms with Gasteiger partial charge in [-0.3, -0.25) is 4.79 Å². The van der Waals surface area contributed by atoms with Gasteiger partial charge in [-0.05, 0) is 6.26 Å². The van der Waals surface area contributed by atoms with Crippen molar-refractivity contribution >= 4 is 22.8 Å². The molecule has 5 nitrogen and oxygen atoms in total. The second-order valence-corrected chi connectivity index (χ2v) is 3.10. The lowest BCUT2D eigenvalue weighted by Gasteiger charge is -1.95. The first-order valence-corrected chi connectivity index (χ1v) is 4.78. The number of fused-ring (bicyclic) bond motifs is 1. The molecular formula is C7H6N4OS. The molecule has 2 aromatic rings. The summed E-state index contributed by atoms with van der Waals surface area (Å²) >= 11 is 1.39. The van der Waals surface area contributed by atoms with Crippen LogP contribution < -0.4 is 5.56 Å². The van der Waals surface area contributed by atoms with E-state index in [4.69, 9.17) is 0 Å². The van der Waals surface area contributed by atoms with Gasteiger partial charge in [-0.1, -0.05) is 11.8 Å². The molecule has 0 unspecified atom stereocenters. The van der Waals surface area contributed by atoms with Crippen LogP contribution in [0.15, 0.2) is 22.5 Å². The lowest BCUT2D eigenvalue weighted by Crippen LogP contribution is -2.08. The Morgan fingerprint density at radius 1 is 1.46 bits per heavy atom. The number of hydrogen-bond acceptors (Lipinski definition) is 5. The van der Waals surface area contributed by atoms with Gasteiger partial charge in [-0.25, -0.2) is 15.0 Å². The third-order valence-electron chi connectivity index (χ3n) is 1.54. The number of nitrogens with zero attached hydrogens (tertiary/aromatic N) is 3. The van der Waals surface area contributed by atoms with Crippen LogP contribution in [-0.4, -0.2) is 26.2 Å².